The average molecular weight is 281 g/mol. The first-order chi connectivity index (χ1) is 9.15. The van der Waals surface area contributed by atoms with Gasteiger partial charge in [0.05, 0.1) is 0 Å². The first-order valence-electron chi connectivity index (χ1n) is 6.31. The van der Waals surface area contributed by atoms with Crippen LogP contribution in [0.4, 0.5) is 0 Å². The van der Waals surface area contributed by atoms with Gasteiger partial charge in [-0.3, -0.25) is 4.79 Å². The molecule has 0 aliphatic carbocycles. The van der Waals surface area contributed by atoms with Crippen LogP contribution in [0.5, 0.6) is 0 Å². The molecule has 0 aromatic heterocycles. The fourth-order valence-electron chi connectivity index (χ4n) is 1.54. The molecule has 1 aromatic carbocycles. The smallest absolute Gasteiger partial charge is 0.326 e. The van der Waals surface area contributed by atoms with E-state index in [0.29, 0.717) is 12.0 Å². The van der Waals surface area contributed by atoms with Crippen molar-refractivity contribution in [3.05, 3.63) is 35.9 Å². The minimum absolute atomic E-state index is 0.339. The van der Waals surface area contributed by atoms with E-state index in [2.05, 4.69) is 12.2 Å². The van der Waals surface area contributed by atoms with Gasteiger partial charge in [-0.25, -0.2) is 4.79 Å². The molecule has 0 radical (unpaired) electrons. The Kier molecular flexibility index (Phi) is 7.03. The predicted octanol–water partition coefficient (Wildman–Crippen LogP) is 2.40. The number of carbonyl (C=O) groups excluding carboxylic acids is 1. The van der Waals surface area contributed by atoms with E-state index in [0.717, 1.165) is 17.9 Å². The van der Waals surface area contributed by atoms with Gasteiger partial charge in [-0.05, 0) is 36.5 Å². The minimum Gasteiger partial charge on any atom is -0.480 e. The van der Waals surface area contributed by atoms with Crippen LogP contribution in [0.25, 0.3) is 0 Å². The Morgan fingerprint density at radius 2 is 1.95 bits per heavy atom. The van der Waals surface area contributed by atoms with Crippen molar-refractivity contribution in [2.45, 2.75) is 25.8 Å². The molecule has 19 heavy (non-hydrogen) atoms. The van der Waals surface area contributed by atoms with Crippen LogP contribution in [0.2, 0.25) is 0 Å². The number of rotatable bonds is 8. The van der Waals surface area contributed by atoms with E-state index in [1.807, 2.05) is 6.07 Å². The molecule has 0 spiro atoms. The molecule has 2 N–H and O–H groups in total. The van der Waals surface area contributed by atoms with Gasteiger partial charge in [-0.2, -0.15) is 11.8 Å². The molecule has 0 saturated heterocycles. The first kappa shape index (κ1) is 15.6. The fourth-order valence-corrected chi connectivity index (χ4v) is 2.43. The van der Waals surface area contributed by atoms with Crippen LogP contribution in [0.15, 0.2) is 30.3 Å². The van der Waals surface area contributed by atoms with E-state index in [4.69, 9.17) is 5.11 Å². The molecule has 1 aromatic rings. The summed E-state index contributed by atoms with van der Waals surface area (Å²) in [4.78, 5) is 23.0. The highest BCUT2D eigenvalue weighted by molar-refractivity contribution is 7.99. The Hall–Kier alpha value is -1.49. The summed E-state index contributed by atoms with van der Waals surface area (Å²) in [5, 5.41) is 11.7. The summed E-state index contributed by atoms with van der Waals surface area (Å²) in [7, 11) is 0. The normalized spacial score (nSPS) is 11.8. The molecule has 1 rings (SSSR count). The van der Waals surface area contributed by atoms with Crippen molar-refractivity contribution in [1.82, 2.24) is 5.32 Å². The molecule has 5 heteroatoms. The van der Waals surface area contributed by atoms with Gasteiger partial charge in [-0.15, -0.1) is 0 Å². The number of hydrogen-bond acceptors (Lipinski definition) is 3. The Labute approximate surface area is 117 Å². The zero-order valence-corrected chi connectivity index (χ0v) is 11.8. The number of aliphatic carboxylic acids is 1. The molecule has 0 bridgehead atoms. The van der Waals surface area contributed by atoms with E-state index in [1.54, 1.807) is 36.0 Å². The largest absolute Gasteiger partial charge is 0.480 e. The standard InChI is InChI=1S/C14H19NO3S/c1-2-9-19-10-8-12(14(17)18)15-13(16)11-6-4-3-5-7-11/h3-7,12H,2,8-10H2,1H3,(H,15,16)(H,17,18)/t12-/m1/s1. The van der Waals surface area contributed by atoms with Crippen LogP contribution in [-0.4, -0.2) is 34.5 Å². The van der Waals surface area contributed by atoms with Gasteiger partial charge in [0.15, 0.2) is 0 Å². The zero-order valence-electron chi connectivity index (χ0n) is 11.0. The van der Waals surface area contributed by atoms with E-state index >= 15 is 0 Å². The molecule has 0 unspecified atom stereocenters. The molecule has 4 nitrogen and oxygen atoms in total. The van der Waals surface area contributed by atoms with E-state index in [-0.39, 0.29) is 5.91 Å². The Morgan fingerprint density at radius 3 is 2.53 bits per heavy atom. The van der Waals surface area contributed by atoms with Crippen molar-refractivity contribution in [2.75, 3.05) is 11.5 Å². The molecule has 0 aliphatic rings. The highest BCUT2D eigenvalue weighted by atomic mass is 32.2. The number of hydrogen-bond donors (Lipinski definition) is 2. The lowest BCUT2D eigenvalue weighted by Crippen LogP contribution is -2.41. The van der Waals surface area contributed by atoms with Gasteiger partial charge < -0.3 is 10.4 Å². The fraction of sp³-hybridized carbons (Fsp3) is 0.429. The summed E-state index contributed by atoms with van der Waals surface area (Å²) in [5.74, 6) is 0.425. The van der Waals surface area contributed by atoms with E-state index < -0.39 is 12.0 Å². The van der Waals surface area contributed by atoms with Gasteiger partial charge in [0.2, 0.25) is 0 Å². The highest BCUT2D eigenvalue weighted by Crippen LogP contribution is 2.07. The molecule has 1 atom stereocenters. The van der Waals surface area contributed by atoms with Crippen LogP contribution in [-0.2, 0) is 4.79 Å². The maximum atomic E-state index is 11.9. The van der Waals surface area contributed by atoms with Crippen molar-refractivity contribution in [2.24, 2.45) is 0 Å². The zero-order chi connectivity index (χ0) is 14.1. The van der Waals surface area contributed by atoms with Crippen LogP contribution in [0.1, 0.15) is 30.1 Å². The Morgan fingerprint density at radius 1 is 1.26 bits per heavy atom. The summed E-state index contributed by atoms with van der Waals surface area (Å²) in [5.41, 5.74) is 0.481. The second-order valence-corrected chi connectivity index (χ2v) is 5.36. The third-order valence-electron chi connectivity index (χ3n) is 2.54. The Bertz CT molecular complexity index is 408. The lowest BCUT2D eigenvalue weighted by Gasteiger charge is -2.14. The van der Waals surface area contributed by atoms with Gasteiger partial charge in [-0.1, -0.05) is 25.1 Å². The van der Waals surface area contributed by atoms with Crippen molar-refractivity contribution >= 4 is 23.6 Å². The summed E-state index contributed by atoms with van der Waals surface area (Å²) < 4.78 is 0. The van der Waals surface area contributed by atoms with Gasteiger partial charge in [0.1, 0.15) is 6.04 Å². The minimum atomic E-state index is -0.985. The number of benzene rings is 1. The lowest BCUT2D eigenvalue weighted by atomic mass is 10.1. The summed E-state index contributed by atoms with van der Waals surface area (Å²) in [6.07, 6.45) is 1.51. The van der Waals surface area contributed by atoms with Crippen molar-refractivity contribution in [3.63, 3.8) is 0 Å². The molecule has 0 saturated carbocycles. The molecular weight excluding hydrogens is 262 g/mol. The average Bonchev–Trinajstić information content (AvgIpc) is 2.42. The predicted molar refractivity (Wildman–Crippen MR) is 77.6 cm³/mol. The number of thioether (sulfide) groups is 1. The number of nitrogens with one attached hydrogen (secondary N) is 1. The molecule has 0 heterocycles. The van der Waals surface area contributed by atoms with Crippen LogP contribution in [0.3, 0.4) is 0 Å². The summed E-state index contributed by atoms with van der Waals surface area (Å²) in [6, 6.07) is 7.83. The van der Waals surface area contributed by atoms with Gasteiger partial charge >= 0.3 is 5.97 Å². The third-order valence-corrected chi connectivity index (χ3v) is 3.76. The van der Waals surface area contributed by atoms with Crippen molar-refractivity contribution < 1.29 is 14.7 Å². The van der Waals surface area contributed by atoms with Crippen LogP contribution >= 0.6 is 11.8 Å². The maximum Gasteiger partial charge on any atom is 0.326 e. The first-order valence-corrected chi connectivity index (χ1v) is 7.47. The number of carboxylic acids is 1. The molecule has 104 valence electrons. The summed E-state index contributed by atoms with van der Waals surface area (Å²) in [6.45, 7) is 2.08. The number of carbonyl (C=O) groups is 2. The van der Waals surface area contributed by atoms with Gasteiger partial charge in [0, 0.05) is 5.56 Å². The van der Waals surface area contributed by atoms with E-state index in [9.17, 15) is 9.59 Å². The van der Waals surface area contributed by atoms with Crippen molar-refractivity contribution in [3.8, 4) is 0 Å². The van der Waals surface area contributed by atoms with Gasteiger partial charge in [0.25, 0.3) is 5.91 Å². The highest BCUT2D eigenvalue weighted by Gasteiger charge is 2.19. The SMILES string of the molecule is CCCSCC[C@@H](NC(=O)c1ccccc1)C(=O)O. The molecule has 0 aliphatic heterocycles. The summed E-state index contributed by atoms with van der Waals surface area (Å²) >= 11 is 1.71. The topological polar surface area (TPSA) is 66.4 Å². The number of carboxylic acid groups (broad SMARTS) is 1. The molecule has 0 fully saturated rings. The lowest BCUT2D eigenvalue weighted by molar-refractivity contribution is -0.139. The second-order valence-electron chi connectivity index (χ2n) is 4.13. The van der Waals surface area contributed by atoms with Crippen LogP contribution < -0.4 is 5.32 Å². The van der Waals surface area contributed by atoms with E-state index in [1.165, 1.54) is 0 Å². The number of amides is 1. The quantitative estimate of drug-likeness (QED) is 0.718. The van der Waals surface area contributed by atoms with Crippen LogP contribution in [0, 0.1) is 0 Å². The monoisotopic (exact) mass is 281 g/mol. The second kappa shape index (κ2) is 8.58. The maximum absolute atomic E-state index is 11.9. The Balaban J connectivity index is 2.49. The molecular formula is C14H19NO3S. The van der Waals surface area contributed by atoms with Crippen molar-refractivity contribution in [1.29, 1.82) is 0 Å². The molecule has 1 amide bonds. The third kappa shape index (κ3) is 5.79.